The van der Waals surface area contributed by atoms with Crippen LogP contribution in [0.4, 0.5) is 0 Å². The molecule has 2 saturated heterocycles. The fourth-order valence-corrected chi connectivity index (χ4v) is 3.99. The van der Waals surface area contributed by atoms with Crippen LogP contribution < -0.4 is 5.32 Å². The van der Waals surface area contributed by atoms with E-state index in [1.807, 2.05) is 35.2 Å². The van der Waals surface area contributed by atoms with Gasteiger partial charge in [-0.2, -0.15) is 0 Å². The average molecular weight is 412 g/mol. The first-order valence-electron chi connectivity index (χ1n) is 9.23. The number of oxazole rings is 1. The number of carbonyl (C=O) groups is 1. The molecule has 3 heterocycles. The molecule has 0 unspecified atom stereocenters. The van der Waals surface area contributed by atoms with E-state index in [0.717, 1.165) is 50.3 Å². The van der Waals surface area contributed by atoms with Crippen LogP contribution in [0.15, 0.2) is 40.9 Å². The maximum absolute atomic E-state index is 12.5. The van der Waals surface area contributed by atoms with Crippen LogP contribution in [-0.2, 0) is 11.2 Å². The Morgan fingerprint density at radius 3 is 2.56 bits per heavy atom. The summed E-state index contributed by atoms with van der Waals surface area (Å²) >= 11 is 0. The van der Waals surface area contributed by atoms with Gasteiger partial charge in [0.15, 0.2) is 11.7 Å². The summed E-state index contributed by atoms with van der Waals surface area (Å²) in [6.07, 6.45) is 6.29. The molecule has 7 heteroatoms. The molecule has 0 bridgehead atoms. The SMILES string of the molecule is Cl.Cl.O=C(CCc1ncc(-c2ccccc2)o1)N1CCC2(CCNC2)CC1. The van der Waals surface area contributed by atoms with Gasteiger partial charge in [0.2, 0.25) is 5.91 Å². The maximum Gasteiger partial charge on any atom is 0.223 e. The van der Waals surface area contributed by atoms with Crippen LogP contribution in [0, 0.1) is 5.41 Å². The first kappa shape index (κ1) is 21.7. The zero-order valence-corrected chi connectivity index (χ0v) is 17.0. The first-order chi connectivity index (χ1) is 12.2. The van der Waals surface area contributed by atoms with Gasteiger partial charge < -0.3 is 14.6 Å². The van der Waals surface area contributed by atoms with E-state index in [0.29, 0.717) is 24.1 Å². The van der Waals surface area contributed by atoms with E-state index in [9.17, 15) is 4.79 Å². The largest absolute Gasteiger partial charge is 0.441 e. The third kappa shape index (κ3) is 5.03. The predicted molar refractivity (Wildman–Crippen MR) is 110 cm³/mol. The minimum absolute atomic E-state index is 0. The number of benzene rings is 1. The molecule has 0 saturated carbocycles. The monoisotopic (exact) mass is 411 g/mol. The van der Waals surface area contributed by atoms with E-state index in [1.165, 1.54) is 6.42 Å². The second-order valence-corrected chi connectivity index (χ2v) is 7.29. The van der Waals surface area contributed by atoms with Gasteiger partial charge in [-0.3, -0.25) is 4.79 Å². The lowest BCUT2D eigenvalue weighted by molar-refractivity contribution is -0.133. The molecule has 0 radical (unpaired) electrons. The van der Waals surface area contributed by atoms with E-state index in [1.54, 1.807) is 6.20 Å². The number of halogens is 2. The van der Waals surface area contributed by atoms with Gasteiger partial charge in [-0.15, -0.1) is 24.8 Å². The highest BCUT2D eigenvalue weighted by molar-refractivity contribution is 5.85. The molecule has 2 aliphatic heterocycles. The number of likely N-dealkylation sites (tertiary alicyclic amines) is 1. The molecule has 4 rings (SSSR count). The Balaban J connectivity index is 0.00000131. The van der Waals surface area contributed by atoms with E-state index >= 15 is 0 Å². The Morgan fingerprint density at radius 2 is 1.89 bits per heavy atom. The van der Waals surface area contributed by atoms with Crippen molar-refractivity contribution >= 4 is 30.7 Å². The lowest BCUT2D eigenvalue weighted by Gasteiger charge is -2.38. The van der Waals surface area contributed by atoms with Crippen LogP contribution in [-0.4, -0.2) is 42.0 Å². The quantitative estimate of drug-likeness (QED) is 0.832. The molecule has 1 N–H and O–H groups in total. The number of hydrogen-bond donors (Lipinski definition) is 1. The molecule has 1 spiro atoms. The number of hydrogen-bond acceptors (Lipinski definition) is 4. The second-order valence-electron chi connectivity index (χ2n) is 7.29. The van der Waals surface area contributed by atoms with Gasteiger partial charge in [0.1, 0.15) is 0 Å². The van der Waals surface area contributed by atoms with Crippen LogP contribution in [0.1, 0.15) is 31.6 Å². The van der Waals surface area contributed by atoms with Gasteiger partial charge in [-0.25, -0.2) is 4.98 Å². The molecule has 1 aromatic carbocycles. The maximum atomic E-state index is 12.5. The first-order valence-corrected chi connectivity index (χ1v) is 9.23. The van der Waals surface area contributed by atoms with Crippen molar-refractivity contribution < 1.29 is 9.21 Å². The Kier molecular flexibility index (Phi) is 7.71. The van der Waals surface area contributed by atoms with Gasteiger partial charge in [0.05, 0.1) is 6.20 Å². The van der Waals surface area contributed by atoms with Crippen molar-refractivity contribution in [2.24, 2.45) is 5.41 Å². The summed E-state index contributed by atoms with van der Waals surface area (Å²) in [7, 11) is 0. The number of carbonyl (C=O) groups excluding carboxylic acids is 1. The van der Waals surface area contributed by atoms with E-state index < -0.39 is 0 Å². The summed E-state index contributed by atoms with van der Waals surface area (Å²) in [4.78, 5) is 18.8. The molecule has 1 aromatic heterocycles. The van der Waals surface area contributed by atoms with E-state index in [-0.39, 0.29) is 30.7 Å². The van der Waals surface area contributed by atoms with Gasteiger partial charge in [0.25, 0.3) is 0 Å². The number of rotatable bonds is 4. The predicted octanol–water partition coefficient (Wildman–Crippen LogP) is 3.72. The molecule has 0 aliphatic carbocycles. The van der Waals surface area contributed by atoms with Gasteiger partial charge in [0, 0.05) is 38.0 Å². The zero-order valence-electron chi connectivity index (χ0n) is 15.4. The van der Waals surface area contributed by atoms with E-state index in [4.69, 9.17) is 4.42 Å². The normalized spacial score (nSPS) is 18.0. The van der Waals surface area contributed by atoms with Crippen LogP contribution in [0.3, 0.4) is 0 Å². The molecule has 2 aliphatic rings. The van der Waals surface area contributed by atoms with Crippen LogP contribution in [0.25, 0.3) is 11.3 Å². The molecule has 1 amide bonds. The summed E-state index contributed by atoms with van der Waals surface area (Å²) in [5.74, 6) is 1.62. The summed E-state index contributed by atoms with van der Waals surface area (Å²) in [5, 5.41) is 3.47. The Hall–Kier alpha value is -1.56. The van der Waals surface area contributed by atoms with Crippen LogP contribution in [0.5, 0.6) is 0 Å². The fourth-order valence-electron chi connectivity index (χ4n) is 3.99. The minimum Gasteiger partial charge on any atom is -0.441 e. The highest BCUT2D eigenvalue weighted by Crippen LogP contribution is 2.37. The Morgan fingerprint density at radius 1 is 1.15 bits per heavy atom. The summed E-state index contributed by atoms with van der Waals surface area (Å²) in [6, 6.07) is 9.92. The number of nitrogens with one attached hydrogen (secondary N) is 1. The third-order valence-electron chi connectivity index (χ3n) is 5.67. The molecule has 148 valence electrons. The van der Waals surface area contributed by atoms with Crippen molar-refractivity contribution in [3.63, 3.8) is 0 Å². The van der Waals surface area contributed by atoms with Crippen molar-refractivity contribution in [2.45, 2.75) is 32.1 Å². The van der Waals surface area contributed by atoms with Crippen molar-refractivity contribution in [3.05, 3.63) is 42.4 Å². The molecular formula is C20H27Cl2N3O2. The highest BCUT2D eigenvalue weighted by atomic mass is 35.5. The Bertz CT molecular complexity index is 720. The van der Waals surface area contributed by atoms with Gasteiger partial charge >= 0.3 is 0 Å². The smallest absolute Gasteiger partial charge is 0.223 e. The van der Waals surface area contributed by atoms with Gasteiger partial charge in [-0.1, -0.05) is 30.3 Å². The summed E-state index contributed by atoms with van der Waals surface area (Å²) < 4.78 is 5.79. The highest BCUT2D eigenvalue weighted by Gasteiger charge is 2.37. The fraction of sp³-hybridized carbons (Fsp3) is 0.500. The third-order valence-corrected chi connectivity index (χ3v) is 5.67. The van der Waals surface area contributed by atoms with E-state index in [2.05, 4.69) is 10.3 Å². The molecule has 5 nitrogen and oxygen atoms in total. The average Bonchev–Trinajstić information content (AvgIpc) is 3.31. The summed E-state index contributed by atoms with van der Waals surface area (Å²) in [5.41, 5.74) is 1.46. The van der Waals surface area contributed by atoms with Crippen molar-refractivity contribution in [3.8, 4) is 11.3 Å². The molecule has 0 atom stereocenters. The van der Waals surface area contributed by atoms with Crippen LogP contribution in [0.2, 0.25) is 0 Å². The van der Waals surface area contributed by atoms with Gasteiger partial charge in [-0.05, 0) is 31.2 Å². The molecular weight excluding hydrogens is 385 g/mol. The molecule has 2 aromatic rings. The number of aromatic nitrogens is 1. The van der Waals surface area contributed by atoms with Crippen LogP contribution >= 0.6 is 24.8 Å². The lowest BCUT2D eigenvalue weighted by atomic mass is 9.78. The van der Waals surface area contributed by atoms with Crippen molar-refractivity contribution in [1.82, 2.24) is 15.2 Å². The lowest BCUT2D eigenvalue weighted by Crippen LogP contribution is -2.44. The van der Waals surface area contributed by atoms with Crippen molar-refractivity contribution in [2.75, 3.05) is 26.2 Å². The summed E-state index contributed by atoms with van der Waals surface area (Å²) in [6.45, 7) is 4.03. The number of nitrogens with zero attached hydrogens (tertiary/aromatic N) is 2. The van der Waals surface area contributed by atoms with Crippen molar-refractivity contribution in [1.29, 1.82) is 0 Å². The zero-order chi connectivity index (χ0) is 17.1. The molecule has 27 heavy (non-hydrogen) atoms. The number of aryl methyl sites for hydroxylation is 1. The topological polar surface area (TPSA) is 58.4 Å². The standard InChI is InChI=1S/C20H25N3O2.2ClH/c24-19(23-12-9-20(10-13-23)8-11-21-15-20)7-6-18-22-14-17(25-18)16-4-2-1-3-5-16;;/h1-5,14,21H,6-13,15H2;2*1H. The minimum atomic E-state index is 0. The Labute approximate surface area is 172 Å². The second kappa shape index (κ2) is 9.58. The number of amides is 1. The molecule has 2 fully saturated rings. The number of piperidine rings is 1.